The van der Waals surface area contributed by atoms with Crippen molar-refractivity contribution in [1.82, 2.24) is 4.90 Å². The third kappa shape index (κ3) is 2.25. The summed E-state index contributed by atoms with van der Waals surface area (Å²) in [6.07, 6.45) is 0.895. The van der Waals surface area contributed by atoms with Gasteiger partial charge in [0.05, 0.1) is 5.92 Å². The van der Waals surface area contributed by atoms with Crippen LogP contribution in [-0.4, -0.2) is 23.9 Å². The Labute approximate surface area is 96.2 Å². The fourth-order valence-corrected chi connectivity index (χ4v) is 2.31. The van der Waals surface area contributed by atoms with E-state index in [1.807, 2.05) is 18.2 Å². The van der Waals surface area contributed by atoms with Gasteiger partial charge in [0.25, 0.3) is 0 Å². The molecule has 0 aromatic heterocycles. The van der Waals surface area contributed by atoms with E-state index in [2.05, 4.69) is 24.0 Å². The molecule has 3 nitrogen and oxygen atoms in total. The van der Waals surface area contributed by atoms with Gasteiger partial charge in [-0.2, -0.15) is 0 Å². The van der Waals surface area contributed by atoms with Crippen LogP contribution in [0.1, 0.15) is 24.9 Å². The molecule has 86 valence electrons. The number of carbonyl (C=O) groups excluding carboxylic acids is 1. The lowest BCUT2D eigenvalue weighted by Crippen LogP contribution is -2.29. The maximum Gasteiger partial charge on any atom is 0.221 e. The van der Waals surface area contributed by atoms with Gasteiger partial charge in [-0.15, -0.1) is 0 Å². The number of benzene rings is 1. The zero-order valence-electron chi connectivity index (χ0n) is 9.60. The van der Waals surface area contributed by atoms with Gasteiger partial charge >= 0.3 is 0 Å². The van der Waals surface area contributed by atoms with Crippen LogP contribution in [0.2, 0.25) is 0 Å². The average Bonchev–Trinajstić information content (AvgIpc) is 2.78. The maximum absolute atomic E-state index is 11.1. The first-order chi connectivity index (χ1) is 7.68. The predicted molar refractivity (Wildman–Crippen MR) is 63.7 cm³/mol. The number of hydrogen-bond acceptors (Lipinski definition) is 2. The highest BCUT2D eigenvalue weighted by Gasteiger charge is 2.29. The summed E-state index contributed by atoms with van der Waals surface area (Å²) in [4.78, 5) is 13.4. The Morgan fingerprint density at radius 1 is 1.44 bits per heavy atom. The predicted octanol–water partition coefficient (Wildman–Crippen LogP) is 1.55. The van der Waals surface area contributed by atoms with E-state index in [4.69, 9.17) is 5.73 Å². The van der Waals surface area contributed by atoms with Crippen LogP contribution < -0.4 is 5.73 Å². The van der Waals surface area contributed by atoms with E-state index in [0.717, 1.165) is 19.5 Å². The van der Waals surface area contributed by atoms with Gasteiger partial charge in [0.15, 0.2) is 0 Å². The molecule has 2 N–H and O–H groups in total. The summed E-state index contributed by atoms with van der Waals surface area (Å²) in [5.41, 5.74) is 6.63. The molecule has 0 saturated carbocycles. The van der Waals surface area contributed by atoms with Crippen LogP contribution in [0.4, 0.5) is 0 Å². The smallest absolute Gasteiger partial charge is 0.221 e. The van der Waals surface area contributed by atoms with Crippen molar-refractivity contribution in [2.24, 2.45) is 11.7 Å². The van der Waals surface area contributed by atoms with E-state index in [1.54, 1.807) is 0 Å². The van der Waals surface area contributed by atoms with Crippen LogP contribution in [0.25, 0.3) is 0 Å². The molecule has 0 aliphatic carbocycles. The summed E-state index contributed by atoms with van der Waals surface area (Å²) in [5, 5.41) is 0. The van der Waals surface area contributed by atoms with E-state index in [0.29, 0.717) is 6.04 Å². The first-order valence-electron chi connectivity index (χ1n) is 5.77. The van der Waals surface area contributed by atoms with E-state index >= 15 is 0 Å². The fraction of sp³-hybridized carbons (Fsp3) is 0.462. The topological polar surface area (TPSA) is 46.3 Å². The number of primary amides is 1. The lowest BCUT2D eigenvalue weighted by molar-refractivity contribution is -0.121. The lowest BCUT2D eigenvalue weighted by atomic mass is 10.1. The van der Waals surface area contributed by atoms with Crippen molar-refractivity contribution in [3.63, 3.8) is 0 Å². The van der Waals surface area contributed by atoms with Crippen LogP contribution in [0.15, 0.2) is 30.3 Å². The van der Waals surface area contributed by atoms with Gasteiger partial charge in [-0.25, -0.2) is 0 Å². The zero-order chi connectivity index (χ0) is 11.5. The number of amides is 1. The SMILES string of the molecule is C[C@@H](c1ccccc1)N1CCC(C(N)=O)C1. The molecule has 0 bridgehead atoms. The summed E-state index contributed by atoms with van der Waals surface area (Å²) in [6.45, 7) is 3.94. The molecule has 2 rings (SSSR count). The summed E-state index contributed by atoms with van der Waals surface area (Å²) >= 11 is 0. The molecule has 1 aromatic rings. The molecule has 1 aliphatic heterocycles. The van der Waals surface area contributed by atoms with Crippen LogP contribution >= 0.6 is 0 Å². The monoisotopic (exact) mass is 218 g/mol. The second kappa shape index (κ2) is 4.66. The zero-order valence-corrected chi connectivity index (χ0v) is 9.60. The molecule has 1 heterocycles. The van der Waals surface area contributed by atoms with Gasteiger partial charge in [-0.05, 0) is 25.5 Å². The molecule has 0 radical (unpaired) electrons. The highest BCUT2D eigenvalue weighted by Crippen LogP contribution is 2.26. The van der Waals surface area contributed by atoms with Gasteiger partial charge in [-0.1, -0.05) is 30.3 Å². The molecular formula is C13H18N2O. The van der Waals surface area contributed by atoms with Crippen molar-refractivity contribution >= 4 is 5.91 Å². The largest absolute Gasteiger partial charge is 0.369 e. The van der Waals surface area contributed by atoms with Gasteiger partial charge in [-0.3, -0.25) is 9.69 Å². The van der Waals surface area contributed by atoms with E-state index in [9.17, 15) is 4.79 Å². The van der Waals surface area contributed by atoms with Gasteiger partial charge < -0.3 is 5.73 Å². The van der Waals surface area contributed by atoms with Gasteiger partial charge in [0.2, 0.25) is 5.91 Å². The second-order valence-electron chi connectivity index (χ2n) is 4.47. The standard InChI is InChI=1S/C13H18N2O/c1-10(11-5-3-2-4-6-11)15-8-7-12(9-15)13(14)16/h2-6,10,12H,7-9H2,1H3,(H2,14,16)/t10-,12?/m0/s1. The molecule has 3 heteroatoms. The van der Waals surface area contributed by atoms with Crippen LogP contribution in [0.5, 0.6) is 0 Å². The van der Waals surface area contributed by atoms with Crippen molar-refractivity contribution in [3.05, 3.63) is 35.9 Å². The molecular weight excluding hydrogens is 200 g/mol. The number of carbonyl (C=O) groups is 1. The average molecular weight is 218 g/mol. The quantitative estimate of drug-likeness (QED) is 0.836. The number of nitrogens with two attached hydrogens (primary N) is 1. The Balaban J connectivity index is 2.02. The van der Waals surface area contributed by atoms with Crippen molar-refractivity contribution in [1.29, 1.82) is 0 Å². The highest BCUT2D eigenvalue weighted by molar-refractivity contribution is 5.77. The summed E-state index contributed by atoms with van der Waals surface area (Å²) in [6, 6.07) is 10.7. The first kappa shape index (κ1) is 11.1. The first-order valence-corrected chi connectivity index (χ1v) is 5.77. The second-order valence-corrected chi connectivity index (χ2v) is 4.47. The molecule has 0 spiro atoms. The molecule has 1 saturated heterocycles. The van der Waals surface area contributed by atoms with Crippen molar-refractivity contribution in [2.75, 3.05) is 13.1 Å². The minimum Gasteiger partial charge on any atom is -0.369 e. The summed E-state index contributed by atoms with van der Waals surface area (Å²) in [7, 11) is 0. The van der Waals surface area contributed by atoms with Gasteiger partial charge in [0.1, 0.15) is 0 Å². The van der Waals surface area contributed by atoms with E-state index < -0.39 is 0 Å². The van der Waals surface area contributed by atoms with E-state index in [1.165, 1.54) is 5.56 Å². The Morgan fingerprint density at radius 3 is 2.69 bits per heavy atom. The van der Waals surface area contributed by atoms with Crippen molar-refractivity contribution in [3.8, 4) is 0 Å². The third-order valence-electron chi connectivity index (χ3n) is 3.45. The number of rotatable bonds is 3. The van der Waals surface area contributed by atoms with Crippen molar-refractivity contribution in [2.45, 2.75) is 19.4 Å². The van der Waals surface area contributed by atoms with Crippen molar-refractivity contribution < 1.29 is 4.79 Å². The molecule has 16 heavy (non-hydrogen) atoms. The fourth-order valence-electron chi connectivity index (χ4n) is 2.31. The molecule has 1 amide bonds. The van der Waals surface area contributed by atoms with Crippen LogP contribution in [-0.2, 0) is 4.79 Å². The molecule has 1 fully saturated rings. The Morgan fingerprint density at radius 2 is 2.12 bits per heavy atom. The third-order valence-corrected chi connectivity index (χ3v) is 3.45. The van der Waals surface area contributed by atoms with Crippen LogP contribution in [0, 0.1) is 5.92 Å². The lowest BCUT2D eigenvalue weighted by Gasteiger charge is -2.24. The molecule has 1 aliphatic rings. The number of likely N-dealkylation sites (tertiary alicyclic amines) is 1. The highest BCUT2D eigenvalue weighted by atomic mass is 16.1. The Bertz CT molecular complexity index is 363. The van der Waals surface area contributed by atoms with Crippen LogP contribution in [0.3, 0.4) is 0 Å². The molecule has 1 aromatic carbocycles. The van der Waals surface area contributed by atoms with E-state index in [-0.39, 0.29) is 11.8 Å². The molecule has 2 atom stereocenters. The normalized spacial score (nSPS) is 23.2. The Hall–Kier alpha value is -1.35. The summed E-state index contributed by atoms with van der Waals surface area (Å²) < 4.78 is 0. The number of nitrogens with zero attached hydrogens (tertiary/aromatic N) is 1. The van der Waals surface area contributed by atoms with Gasteiger partial charge in [0, 0.05) is 12.6 Å². The number of hydrogen-bond donors (Lipinski definition) is 1. The molecule has 1 unspecified atom stereocenters. The maximum atomic E-state index is 11.1. The minimum absolute atomic E-state index is 0.0335. The Kier molecular flexibility index (Phi) is 3.25. The summed E-state index contributed by atoms with van der Waals surface area (Å²) in [5.74, 6) is -0.131. The minimum atomic E-state index is -0.164.